The van der Waals surface area contributed by atoms with Gasteiger partial charge in [0.25, 0.3) is 0 Å². The van der Waals surface area contributed by atoms with E-state index in [9.17, 15) is 0 Å². The van der Waals surface area contributed by atoms with Gasteiger partial charge in [-0.05, 0) is 19.1 Å². The van der Waals surface area contributed by atoms with Crippen molar-refractivity contribution in [2.24, 2.45) is 4.99 Å². The summed E-state index contributed by atoms with van der Waals surface area (Å²) < 4.78 is 0. The van der Waals surface area contributed by atoms with Crippen LogP contribution in [-0.2, 0) is 0 Å². The minimum atomic E-state index is 0.873. The van der Waals surface area contributed by atoms with E-state index >= 15 is 0 Å². The number of amidine groups is 1. The highest BCUT2D eigenvalue weighted by Gasteiger charge is 2.19. The first-order valence-electron chi connectivity index (χ1n) is 6.29. The number of anilines is 1. The van der Waals surface area contributed by atoms with E-state index in [4.69, 9.17) is 0 Å². The van der Waals surface area contributed by atoms with Gasteiger partial charge in [0, 0.05) is 17.8 Å². The Labute approximate surface area is 108 Å². The summed E-state index contributed by atoms with van der Waals surface area (Å²) in [7, 11) is 0. The molecule has 1 heterocycles. The van der Waals surface area contributed by atoms with Crippen LogP contribution in [0.25, 0.3) is 0 Å². The number of rotatable bonds is 2. The van der Waals surface area contributed by atoms with Gasteiger partial charge in [0.05, 0.1) is 6.54 Å². The Hall–Kier alpha value is -2.09. The molecule has 1 aliphatic rings. The lowest BCUT2D eigenvalue weighted by atomic mass is 10.1. The summed E-state index contributed by atoms with van der Waals surface area (Å²) in [6, 6.07) is 19.0. The van der Waals surface area contributed by atoms with Crippen LogP contribution in [0, 0.1) is 6.92 Å². The second-order valence-corrected chi connectivity index (χ2v) is 4.56. The molecule has 0 bridgehead atoms. The molecule has 2 heteroatoms. The van der Waals surface area contributed by atoms with Crippen molar-refractivity contribution < 1.29 is 0 Å². The Morgan fingerprint density at radius 2 is 1.67 bits per heavy atom. The van der Waals surface area contributed by atoms with Gasteiger partial charge < -0.3 is 4.90 Å². The third-order valence-corrected chi connectivity index (χ3v) is 3.22. The number of aryl methyl sites for hydroxylation is 1. The number of hydrogen-bond acceptors (Lipinski definition) is 2. The topological polar surface area (TPSA) is 15.6 Å². The van der Waals surface area contributed by atoms with Crippen LogP contribution in [0.1, 0.15) is 11.1 Å². The predicted molar refractivity (Wildman–Crippen MR) is 76.4 cm³/mol. The zero-order chi connectivity index (χ0) is 12.4. The van der Waals surface area contributed by atoms with E-state index in [1.54, 1.807) is 0 Å². The SMILES string of the molecule is Cc1ccc(N2CCN=C2c2ccccc2)cc1. The van der Waals surface area contributed by atoms with Crippen molar-refractivity contribution in [1.29, 1.82) is 0 Å². The molecule has 0 saturated heterocycles. The first kappa shape index (κ1) is 11.0. The molecule has 0 saturated carbocycles. The van der Waals surface area contributed by atoms with Gasteiger partial charge in [-0.2, -0.15) is 0 Å². The summed E-state index contributed by atoms with van der Waals surface area (Å²) in [5.74, 6) is 1.08. The zero-order valence-electron chi connectivity index (χ0n) is 10.5. The fraction of sp³-hybridized carbons (Fsp3) is 0.188. The molecule has 0 atom stereocenters. The summed E-state index contributed by atoms with van der Waals surface area (Å²) in [4.78, 5) is 6.92. The molecule has 0 spiro atoms. The molecule has 0 unspecified atom stereocenters. The monoisotopic (exact) mass is 236 g/mol. The molecule has 2 aromatic carbocycles. The normalized spacial score (nSPS) is 14.7. The average Bonchev–Trinajstić information content (AvgIpc) is 2.90. The first-order valence-corrected chi connectivity index (χ1v) is 6.29. The molecule has 3 rings (SSSR count). The maximum Gasteiger partial charge on any atom is 0.135 e. The fourth-order valence-electron chi connectivity index (χ4n) is 2.26. The van der Waals surface area contributed by atoms with Gasteiger partial charge in [-0.3, -0.25) is 4.99 Å². The minimum absolute atomic E-state index is 0.873. The molecule has 0 aromatic heterocycles. The van der Waals surface area contributed by atoms with Crippen LogP contribution in [0.5, 0.6) is 0 Å². The molecule has 1 aliphatic heterocycles. The number of benzene rings is 2. The third kappa shape index (κ3) is 2.02. The van der Waals surface area contributed by atoms with Crippen LogP contribution < -0.4 is 4.90 Å². The minimum Gasteiger partial charge on any atom is -0.324 e. The molecule has 0 aliphatic carbocycles. The van der Waals surface area contributed by atoms with Crippen LogP contribution in [0.3, 0.4) is 0 Å². The van der Waals surface area contributed by atoms with Gasteiger partial charge >= 0.3 is 0 Å². The zero-order valence-corrected chi connectivity index (χ0v) is 10.5. The van der Waals surface area contributed by atoms with E-state index in [0.29, 0.717) is 0 Å². The second-order valence-electron chi connectivity index (χ2n) is 4.56. The number of nitrogens with zero attached hydrogens (tertiary/aromatic N) is 2. The lowest BCUT2D eigenvalue weighted by Crippen LogP contribution is -2.27. The molecule has 2 aromatic rings. The van der Waals surface area contributed by atoms with Gasteiger partial charge in [-0.15, -0.1) is 0 Å². The summed E-state index contributed by atoms with van der Waals surface area (Å²) in [6.07, 6.45) is 0. The van der Waals surface area contributed by atoms with Crippen molar-refractivity contribution in [3.05, 3.63) is 65.7 Å². The average molecular weight is 236 g/mol. The molecular weight excluding hydrogens is 220 g/mol. The summed E-state index contributed by atoms with van der Waals surface area (Å²) in [6.45, 7) is 3.95. The van der Waals surface area contributed by atoms with E-state index in [2.05, 4.69) is 65.3 Å². The van der Waals surface area contributed by atoms with Crippen LogP contribution in [0.15, 0.2) is 59.6 Å². The molecule has 90 valence electrons. The summed E-state index contributed by atoms with van der Waals surface area (Å²) in [5, 5.41) is 0. The lowest BCUT2D eigenvalue weighted by molar-refractivity contribution is 1.02. The molecular formula is C16H16N2. The quantitative estimate of drug-likeness (QED) is 0.781. The molecule has 0 fully saturated rings. The van der Waals surface area contributed by atoms with Gasteiger partial charge in [0.2, 0.25) is 0 Å². The Morgan fingerprint density at radius 3 is 2.39 bits per heavy atom. The van der Waals surface area contributed by atoms with Crippen LogP contribution in [0.2, 0.25) is 0 Å². The Bertz CT molecular complexity index is 555. The van der Waals surface area contributed by atoms with Crippen molar-refractivity contribution in [3.8, 4) is 0 Å². The van der Waals surface area contributed by atoms with Crippen molar-refractivity contribution in [2.75, 3.05) is 18.0 Å². The summed E-state index contributed by atoms with van der Waals surface area (Å²) >= 11 is 0. The van der Waals surface area contributed by atoms with Crippen LogP contribution in [-0.4, -0.2) is 18.9 Å². The summed E-state index contributed by atoms with van der Waals surface area (Å²) in [5.41, 5.74) is 3.70. The molecule has 2 nitrogen and oxygen atoms in total. The van der Waals surface area contributed by atoms with Gasteiger partial charge in [0.15, 0.2) is 0 Å². The maximum absolute atomic E-state index is 4.63. The smallest absolute Gasteiger partial charge is 0.135 e. The van der Waals surface area contributed by atoms with Crippen molar-refractivity contribution in [1.82, 2.24) is 0 Å². The van der Waals surface area contributed by atoms with E-state index in [-0.39, 0.29) is 0 Å². The van der Waals surface area contributed by atoms with E-state index in [1.807, 2.05) is 6.07 Å². The highest BCUT2D eigenvalue weighted by Crippen LogP contribution is 2.21. The van der Waals surface area contributed by atoms with E-state index in [0.717, 1.165) is 18.9 Å². The van der Waals surface area contributed by atoms with Crippen molar-refractivity contribution in [3.63, 3.8) is 0 Å². The molecule has 0 amide bonds. The Morgan fingerprint density at radius 1 is 0.944 bits per heavy atom. The molecule has 0 N–H and O–H groups in total. The Kier molecular flexibility index (Phi) is 2.85. The first-order chi connectivity index (χ1) is 8.84. The van der Waals surface area contributed by atoms with Gasteiger partial charge in [-0.1, -0.05) is 48.0 Å². The number of aliphatic imine (C=N–C) groups is 1. The predicted octanol–water partition coefficient (Wildman–Crippen LogP) is 3.26. The lowest BCUT2D eigenvalue weighted by Gasteiger charge is -2.20. The van der Waals surface area contributed by atoms with Crippen molar-refractivity contribution in [2.45, 2.75) is 6.92 Å². The highest BCUT2D eigenvalue weighted by atomic mass is 15.2. The van der Waals surface area contributed by atoms with Crippen LogP contribution in [0.4, 0.5) is 5.69 Å². The van der Waals surface area contributed by atoms with E-state index < -0.39 is 0 Å². The van der Waals surface area contributed by atoms with E-state index in [1.165, 1.54) is 16.8 Å². The third-order valence-electron chi connectivity index (χ3n) is 3.22. The van der Waals surface area contributed by atoms with Gasteiger partial charge in [-0.25, -0.2) is 0 Å². The second kappa shape index (κ2) is 4.65. The standard InChI is InChI=1S/C16H16N2/c1-13-7-9-15(10-8-13)18-12-11-17-16(18)14-5-3-2-4-6-14/h2-10H,11-12H2,1H3. The number of hydrogen-bond donors (Lipinski definition) is 0. The highest BCUT2D eigenvalue weighted by molar-refractivity contribution is 6.11. The van der Waals surface area contributed by atoms with Gasteiger partial charge in [0.1, 0.15) is 5.84 Å². The largest absolute Gasteiger partial charge is 0.324 e. The Balaban J connectivity index is 1.94. The molecule has 0 radical (unpaired) electrons. The van der Waals surface area contributed by atoms with Crippen LogP contribution >= 0.6 is 0 Å². The van der Waals surface area contributed by atoms with Crippen molar-refractivity contribution >= 4 is 11.5 Å². The fourth-order valence-corrected chi connectivity index (χ4v) is 2.26. The maximum atomic E-state index is 4.63. The molecule has 18 heavy (non-hydrogen) atoms.